The quantitative estimate of drug-likeness (QED) is 0.298. The Balaban J connectivity index is 1.46. The number of nitrogens with two attached hydrogens (primary N) is 1. The standard InChI is InChI=1S/C21H28N4O6/c22-6-1-8-30-10-11-31-9-7-23-13-14-2-3-15-16(12-14)21(29)25(20(15)28)17-4-5-18(26)24-19(17)27/h2-3,12,17,23H,1,4-11,13,22H2,(H,24,26,27). The van der Waals surface area contributed by atoms with Crippen LogP contribution in [-0.2, 0) is 25.6 Å². The number of piperidine rings is 1. The van der Waals surface area contributed by atoms with Crippen LogP contribution in [0.3, 0.4) is 0 Å². The van der Waals surface area contributed by atoms with E-state index in [9.17, 15) is 19.2 Å². The molecule has 4 N–H and O–H groups in total. The Morgan fingerprint density at radius 1 is 1.03 bits per heavy atom. The van der Waals surface area contributed by atoms with Crippen molar-refractivity contribution in [2.45, 2.75) is 31.8 Å². The molecule has 0 saturated carbocycles. The van der Waals surface area contributed by atoms with Gasteiger partial charge in [0.2, 0.25) is 11.8 Å². The van der Waals surface area contributed by atoms with Crippen molar-refractivity contribution in [2.24, 2.45) is 5.73 Å². The number of nitrogens with zero attached hydrogens (tertiary/aromatic N) is 1. The lowest BCUT2D eigenvalue weighted by Gasteiger charge is -2.27. The number of benzene rings is 1. The van der Waals surface area contributed by atoms with E-state index in [-0.39, 0.29) is 24.0 Å². The second-order valence-corrected chi connectivity index (χ2v) is 7.37. The van der Waals surface area contributed by atoms with Crippen LogP contribution in [0.25, 0.3) is 0 Å². The molecule has 2 heterocycles. The summed E-state index contributed by atoms with van der Waals surface area (Å²) in [4.78, 5) is 49.9. The van der Waals surface area contributed by atoms with E-state index in [1.807, 2.05) is 0 Å². The van der Waals surface area contributed by atoms with Gasteiger partial charge in [-0.15, -0.1) is 0 Å². The van der Waals surface area contributed by atoms with Crippen LogP contribution in [0.4, 0.5) is 0 Å². The molecule has 4 amide bonds. The molecule has 31 heavy (non-hydrogen) atoms. The normalized spacial score (nSPS) is 18.5. The molecule has 10 nitrogen and oxygen atoms in total. The molecule has 1 aromatic rings. The first-order chi connectivity index (χ1) is 15.0. The maximum atomic E-state index is 12.8. The van der Waals surface area contributed by atoms with Crippen LogP contribution in [-0.4, -0.2) is 74.1 Å². The summed E-state index contributed by atoms with van der Waals surface area (Å²) < 4.78 is 10.8. The Bertz CT molecular complexity index is 843. The minimum absolute atomic E-state index is 0.0981. The van der Waals surface area contributed by atoms with Crippen LogP contribution in [0.5, 0.6) is 0 Å². The summed E-state index contributed by atoms with van der Waals surface area (Å²) in [5.41, 5.74) is 6.78. The minimum Gasteiger partial charge on any atom is -0.379 e. The number of rotatable bonds is 12. The summed E-state index contributed by atoms with van der Waals surface area (Å²) in [6.45, 7) is 3.94. The number of carbonyl (C=O) groups is 4. The molecular formula is C21H28N4O6. The highest BCUT2D eigenvalue weighted by Crippen LogP contribution is 2.28. The van der Waals surface area contributed by atoms with E-state index in [0.29, 0.717) is 46.1 Å². The topological polar surface area (TPSA) is 140 Å². The van der Waals surface area contributed by atoms with Crippen LogP contribution < -0.4 is 16.4 Å². The van der Waals surface area contributed by atoms with E-state index < -0.39 is 29.7 Å². The number of imide groups is 2. The molecular weight excluding hydrogens is 404 g/mol. The maximum absolute atomic E-state index is 12.8. The summed E-state index contributed by atoms with van der Waals surface area (Å²) >= 11 is 0. The third-order valence-corrected chi connectivity index (χ3v) is 5.12. The molecule has 1 atom stereocenters. The van der Waals surface area contributed by atoms with Gasteiger partial charge in [-0.3, -0.25) is 29.4 Å². The van der Waals surface area contributed by atoms with Gasteiger partial charge in [-0.25, -0.2) is 0 Å². The van der Waals surface area contributed by atoms with Crippen molar-refractivity contribution >= 4 is 23.6 Å². The van der Waals surface area contributed by atoms with Crippen LogP contribution in [0, 0.1) is 0 Å². The summed E-state index contributed by atoms with van der Waals surface area (Å²) in [7, 11) is 0. The van der Waals surface area contributed by atoms with E-state index in [0.717, 1.165) is 16.9 Å². The Labute approximate surface area is 180 Å². The fourth-order valence-electron chi connectivity index (χ4n) is 3.51. The fourth-order valence-corrected chi connectivity index (χ4v) is 3.51. The lowest BCUT2D eigenvalue weighted by Crippen LogP contribution is -2.54. The number of ether oxygens (including phenoxy) is 2. The molecule has 2 aliphatic rings. The lowest BCUT2D eigenvalue weighted by atomic mass is 10.0. The van der Waals surface area contributed by atoms with Gasteiger partial charge < -0.3 is 20.5 Å². The van der Waals surface area contributed by atoms with Crippen molar-refractivity contribution in [3.63, 3.8) is 0 Å². The number of nitrogens with one attached hydrogen (secondary N) is 2. The van der Waals surface area contributed by atoms with Crippen molar-refractivity contribution in [1.29, 1.82) is 0 Å². The molecule has 0 bridgehead atoms. The molecule has 2 aliphatic heterocycles. The van der Waals surface area contributed by atoms with E-state index in [1.165, 1.54) is 0 Å². The average Bonchev–Trinajstić information content (AvgIpc) is 2.99. The first-order valence-corrected chi connectivity index (χ1v) is 10.4. The summed E-state index contributed by atoms with van der Waals surface area (Å²) in [6, 6.07) is 4.09. The first-order valence-electron chi connectivity index (χ1n) is 10.4. The van der Waals surface area contributed by atoms with Gasteiger partial charge in [0, 0.05) is 26.1 Å². The molecule has 1 aromatic carbocycles. The molecule has 1 fully saturated rings. The lowest BCUT2D eigenvalue weighted by molar-refractivity contribution is -0.136. The zero-order valence-electron chi connectivity index (χ0n) is 17.4. The van der Waals surface area contributed by atoms with E-state index in [2.05, 4.69) is 10.6 Å². The Hall–Kier alpha value is -2.66. The van der Waals surface area contributed by atoms with Crippen LogP contribution in [0.1, 0.15) is 45.5 Å². The van der Waals surface area contributed by atoms with Crippen molar-refractivity contribution in [1.82, 2.24) is 15.5 Å². The SMILES string of the molecule is NCCCOCCOCCNCc1ccc2c(c1)C(=O)N(C1CCC(=O)NC1=O)C2=O. The van der Waals surface area contributed by atoms with Gasteiger partial charge in [0.1, 0.15) is 6.04 Å². The van der Waals surface area contributed by atoms with Gasteiger partial charge in [0.15, 0.2) is 0 Å². The smallest absolute Gasteiger partial charge is 0.262 e. The number of carbonyl (C=O) groups excluding carboxylic acids is 4. The Kier molecular flexibility index (Phi) is 8.24. The summed E-state index contributed by atoms with van der Waals surface area (Å²) in [5.74, 6) is -2.02. The number of hydrogen-bond donors (Lipinski definition) is 3. The van der Waals surface area contributed by atoms with Crippen molar-refractivity contribution in [3.05, 3.63) is 34.9 Å². The van der Waals surface area contributed by atoms with Gasteiger partial charge >= 0.3 is 0 Å². The fraction of sp³-hybridized carbons (Fsp3) is 0.524. The third-order valence-electron chi connectivity index (χ3n) is 5.12. The van der Waals surface area contributed by atoms with Crippen molar-refractivity contribution in [3.8, 4) is 0 Å². The van der Waals surface area contributed by atoms with E-state index in [4.69, 9.17) is 15.2 Å². The number of fused-ring (bicyclic) bond motifs is 1. The third kappa shape index (κ3) is 5.73. The highest BCUT2D eigenvalue weighted by Gasteiger charge is 2.44. The first kappa shape index (κ1) is 23.0. The molecule has 168 valence electrons. The van der Waals surface area contributed by atoms with Gasteiger partial charge in [0.25, 0.3) is 11.8 Å². The number of hydrogen-bond acceptors (Lipinski definition) is 8. The molecule has 0 spiro atoms. The van der Waals surface area contributed by atoms with Crippen LogP contribution >= 0.6 is 0 Å². The van der Waals surface area contributed by atoms with Crippen LogP contribution in [0.15, 0.2) is 18.2 Å². The highest BCUT2D eigenvalue weighted by atomic mass is 16.5. The van der Waals surface area contributed by atoms with E-state index in [1.54, 1.807) is 18.2 Å². The second-order valence-electron chi connectivity index (χ2n) is 7.37. The molecule has 1 unspecified atom stereocenters. The van der Waals surface area contributed by atoms with E-state index >= 15 is 0 Å². The second kappa shape index (κ2) is 11.1. The largest absolute Gasteiger partial charge is 0.379 e. The molecule has 0 aromatic heterocycles. The molecule has 0 radical (unpaired) electrons. The van der Waals surface area contributed by atoms with Gasteiger partial charge in [-0.2, -0.15) is 0 Å². The molecule has 3 rings (SSSR count). The monoisotopic (exact) mass is 432 g/mol. The van der Waals surface area contributed by atoms with Crippen molar-refractivity contribution < 1.29 is 28.7 Å². The summed E-state index contributed by atoms with van der Waals surface area (Å²) in [5, 5.41) is 5.41. The zero-order valence-corrected chi connectivity index (χ0v) is 17.4. The predicted octanol–water partition coefficient (Wildman–Crippen LogP) is -0.441. The molecule has 0 aliphatic carbocycles. The van der Waals surface area contributed by atoms with Crippen LogP contribution in [0.2, 0.25) is 0 Å². The minimum atomic E-state index is -0.955. The average molecular weight is 432 g/mol. The summed E-state index contributed by atoms with van der Waals surface area (Å²) in [6.07, 6.45) is 1.07. The maximum Gasteiger partial charge on any atom is 0.262 e. The molecule has 1 saturated heterocycles. The van der Waals surface area contributed by atoms with Gasteiger partial charge in [-0.1, -0.05) is 6.07 Å². The zero-order chi connectivity index (χ0) is 22.2. The molecule has 10 heteroatoms. The van der Waals surface area contributed by atoms with Gasteiger partial charge in [-0.05, 0) is 37.1 Å². The highest BCUT2D eigenvalue weighted by molar-refractivity contribution is 6.23. The van der Waals surface area contributed by atoms with Gasteiger partial charge in [0.05, 0.1) is 30.9 Å². The number of amides is 4. The predicted molar refractivity (Wildman–Crippen MR) is 110 cm³/mol. The van der Waals surface area contributed by atoms with Crippen molar-refractivity contribution in [2.75, 3.05) is 39.5 Å². The Morgan fingerprint density at radius 2 is 1.77 bits per heavy atom. The Morgan fingerprint density at radius 3 is 2.52 bits per heavy atom.